The van der Waals surface area contributed by atoms with Gasteiger partial charge in [-0.2, -0.15) is 0 Å². The van der Waals surface area contributed by atoms with E-state index in [1.807, 2.05) is 36.7 Å². The minimum absolute atomic E-state index is 0.554. The Morgan fingerprint density at radius 1 is 1.00 bits per heavy atom. The van der Waals surface area contributed by atoms with E-state index >= 15 is 0 Å². The van der Waals surface area contributed by atoms with Crippen molar-refractivity contribution in [3.63, 3.8) is 0 Å². The van der Waals surface area contributed by atoms with Crippen molar-refractivity contribution in [2.24, 2.45) is 0 Å². The van der Waals surface area contributed by atoms with Crippen LogP contribution in [0.4, 0.5) is 0 Å². The number of aryl methyl sites for hydroxylation is 1. The molecule has 0 aliphatic heterocycles. The fourth-order valence-corrected chi connectivity index (χ4v) is 1.96. The van der Waals surface area contributed by atoms with Crippen molar-refractivity contribution < 1.29 is 9.47 Å². The normalized spacial score (nSPS) is 10.6. The molecule has 0 radical (unpaired) electrons. The Hall–Kier alpha value is -1.94. The lowest BCUT2D eigenvalue weighted by molar-refractivity contribution is 0.146. The lowest BCUT2D eigenvalue weighted by Gasteiger charge is -2.06. The molecule has 1 aromatic carbocycles. The van der Waals surface area contributed by atoms with Crippen molar-refractivity contribution in [1.29, 1.82) is 0 Å². The largest absolute Gasteiger partial charge is 0.491 e. The van der Waals surface area contributed by atoms with Gasteiger partial charge in [-0.1, -0.05) is 13.3 Å². The predicted octanol–water partition coefficient (Wildman–Crippen LogP) is 3.51. The average Bonchev–Trinajstić information content (AvgIpc) is 2.54. The summed E-state index contributed by atoms with van der Waals surface area (Å²) >= 11 is 0. The Morgan fingerprint density at radius 3 is 2.33 bits per heavy atom. The highest BCUT2D eigenvalue weighted by Gasteiger charge is 2.02. The van der Waals surface area contributed by atoms with Gasteiger partial charge in [0, 0.05) is 25.1 Å². The van der Waals surface area contributed by atoms with Crippen molar-refractivity contribution in [2.45, 2.75) is 26.2 Å². The molecule has 0 saturated carbocycles. The number of aromatic nitrogens is 2. The van der Waals surface area contributed by atoms with E-state index in [2.05, 4.69) is 16.9 Å². The standard InChI is InChI=1S/C17H22N2O2/c1-3-4-5-14-12-18-17(19-13-14)15-6-8-16(9-7-15)21-11-10-20-2/h6-9,12-13H,3-5,10-11H2,1-2H3. The van der Waals surface area contributed by atoms with Gasteiger partial charge < -0.3 is 9.47 Å². The molecule has 0 unspecified atom stereocenters. The van der Waals surface area contributed by atoms with E-state index in [0.29, 0.717) is 13.2 Å². The first-order valence-corrected chi connectivity index (χ1v) is 7.36. The summed E-state index contributed by atoms with van der Waals surface area (Å²) in [6.07, 6.45) is 7.24. The van der Waals surface area contributed by atoms with Crippen molar-refractivity contribution in [3.8, 4) is 17.1 Å². The predicted molar refractivity (Wildman–Crippen MR) is 83.5 cm³/mol. The molecule has 2 aromatic rings. The highest BCUT2D eigenvalue weighted by Crippen LogP contribution is 2.19. The number of nitrogens with zero attached hydrogens (tertiary/aromatic N) is 2. The molecule has 0 aliphatic rings. The molecule has 0 amide bonds. The molecule has 112 valence electrons. The second-order valence-electron chi connectivity index (χ2n) is 4.88. The summed E-state index contributed by atoms with van der Waals surface area (Å²) in [4.78, 5) is 8.87. The molecule has 0 atom stereocenters. The molecule has 1 heterocycles. The van der Waals surface area contributed by atoms with Crippen molar-refractivity contribution in [1.82, 2.24) is 9.97 Å². The molecule has 0 saturated heterocycles. The third kappa shape index (κ3) is 4.83. The van der Waals surface area contributed by atoms with Crippen LogP contribution in [0.25, 0.3) is 11.4 Å². The van der Waals surface area contributed by atoms with Crippen molar-refractivity contribution in [3.05, 3.63) is 42.2 Å². The van der Waals surface area contributed by atoms with Gasteiger partial charge in [0.05, 0.1) is 6.61 Å². The van der Waals surface area contributed by atoms with Crippen LogP contribution in [0.15, 0.2) is 36.7 Å². The first-order chi connectivity index (χ1) is 10.3. The van der Waals surface area contributed by atoms with Crippen molar-refractivity contribution in [2.75, 3.05) is 20.3 Å². The third-order valence-corrected chi connectivity index (χ3v) is 3.19. The molecule has 0 aliphatic carbocycles. The van der Waals surface area contributed by atoms with Gasteiger partial charge in [0.25, 0.3) is 0 Å². The van der Waals surface area contributed by atoms with E-state index in [-0.39, 0.29) is 0 Å². The molecule has 2 rings (SSSR count). The van der Waals surface area contributed by atoms with E-state index in [1.165, 1.54) is 18.4 Å². The summed E-state index contributed by atoms with van der Waals surface area (Å²) in [6, 6.07) is 7.81. The highest BCUT2D eigenvalue weighted by atomic mass is 16.5. The fraction of sp³-hybridized carbons (Fsp3) is 0.412. The smallest absolute Gasteiger partial charge is 0.159 e. The molecule has 4 nitrogen and oxygen atoms in total. The van der Waals surface area contributed by atoms with E-state index in [4.69, 9.17) is 9.47 Å². The van der Waals surface area contributed by atoms with Gasteiger partial charge in [0.2, 0.25) is 0 Å². The molecular formula is C17H22N2O2. The lowest BCUT2D eigenvalue weighted by atomic mass is 10.1. The summed E-state index contributed by atoms with van der Waals surface area (Å²) in [5.74, 6) is 1.58. The maximum absolute atomic E-state index is 5.53. The Bertz CT molecular complexity index is 523. The van der Waals surface area contributed by atoms with Crippen LogP contribution in [0.5, 0.6) is 5.75 Å². The van der Waals surface area contributed by atoms with Gasteiger partial charge in [-0.15, -0.1) is 0 Å². The fourth-order valence-electron chi connectivity index (χ4n) is 1.96. The Labute approximate surface area is 126 Å². The number of methoxy groups -OCH3 is 1. The first-order valence-electron chi connectivity index (χ1n) is 7.36. The van der Waals surface area contributed by atoms with Crippen LogP contribution in [0.2, 0.25) is 0 Å². The SMILES string of the molecule is CCCCc1cnc(-c2ccc(OCCOC)cc2)nc1. The second kappa shape index (κ2) is 8.37. The Balaban J connectivity index is 1.97. The molecular weight excluding hydrogens is 264 g/mol. The van der Waals surface area contributed by atoms with Crippen LogP contribution in [0.1, 0.15) is 25.3 Å². The van der Waals surface area contributed by atoms with Crippen LogP contribution in [0, 0.1) is 0 Å². The quantitative estimate of drug-likeness (QED) is 0.697. The molecule has 0 N–H and O–H groups in total. The maximum atomic E-state index is 5.53. The second-order valence-corrected chi connectivity index (χ2v) is 4.88. The number of hydrogen-bond donors (Lipinski definition) is 0. The minimum Gasteiger partial charge on any atom is -0.491 e. The Kier molecular flexibility index (Phi) is 6.16. The molecule has 0 bridgehead atoms. The summed E-state index contributed by atoms with van der Waals surface area (Å²) in [7, 11) is 1.66. The topological polar surface area (TPSA) is 44.2 Å². The number of hydrogen-bond acceptors (Lipinski definition) is 4. The zero-order valence-corrected chi connectivity index (χ0v) is 12.7. The van der Waals surface area contributed by atoms with E-state index in [0.717, 1.165) is 23.6 Å². The minimum atomic E-state index is 0.554. The van der Waals surface area contributed by atoms with Crippen LogP contribution in [-0.4, -0.2) is 30.3 Å². The summed E-state index contributed by atoms with van der Waals surface area (Å²) in [5.41, 5.74) is 2.19. The summed E-state index contributed by atoms with van der Waals surface area (Å²) < 4.78 is 10.5. The average molecular weight is 286 g/mol. The van der Waals surface area contributed by atoms with Gasteiger partial charge in [-0.25, -0.2) is 9.97 Å². The number of ether oxygens (including phenoxy) is 2. The van der Waals surface area contributed by atoms with Crippen LogP contribution in [0.3, 0.4) is 0 Å². The van der Waals surface area contributed by atoms with Gasteiger partial charge in [-0.3, -0.25) is 0 Å². The molecule has 0 spiro atoms. The summed E-state index contributed by atoms with van der Waals surface area (Å²) in [6.45, 7) is 3.33. The van der Waals surface area contributed by atoms with Crippen LogP contribution >= 0.6 is 0 Å². The number of unbranched alkanes of at least 4 members (excludes halogenated alkanes) is 1. The monoisotopic (exact) mass is 286 g/mol. The maximum Gasteiger partial charge on any atom is 0.159 e. The van der Waals surface area contributed by atoms with E-state index in [9.17, 15) is 0 Å². The van der Waals surface area contributed by atoms with E-state index in [1.54, 1.807) is 7.11 Å². The summed E-state index contributed by atoms with van der Waals surface area (Å²) in [5, 5.41) is 0. The van der Waals surface area contributed by atoms with Gasteiger partial charge in [-0.05, 0) is 42.7 Å². The third-order valence-electron chi connectivity index (χ3n) is 3.19. The molecule has 1 aromatic heterocycles. The van der Waals surface area contributed by atoms with Gasteiger partial charge in [0.15, 0.2) is 5.82 Å². The number of rotatable bonds is 8. The van der Waals surface area contributed by atoms with Crippen LogP contribution in [-0.2, 0) is 11.2 Å². The highest BCUT2D eigenvalue weighted by molar-refractivity contribution is 5.55. The lowest BCUT2D eigenvalue weighted by Crippen LogP contribution is -2.04. The van der Waals surface area contributed by atoms with Crippen LogP contribution < -0.4 is 4.74 Å². The zero-order chi connectivity index (χ0) is 14.9. The molecule has 0 fully saturated rings. The van der Waals surface area contributed by atoms with E-state index < -0.39 is 0 Å². The van der Waals surface area contributed by atoms with Gasteiger partial charge >= 0.3 is 0 Å². The zero-order valence-electron chi connectivity index (χ0n) is 12.7. The molecule has 4 heteroatoms. The number of benzene rings is 1. The van der Waals surface area contributed by atoms with Crippen molar-refractivity contribution >= 4 is 0 Å². The van der Waals surface area contributed by atoms with Gasteiger partial charge in [0.1, 0.15) is 12.4 Å². The molecule has 21 heavy (non-hydrogen) atoms. The first kappa shape index (κ1) is 15.4. The Morgan fingerprint density at radius 2 is 1.71 bits per heavy atom.